The quantitative estimate of drug-likeness (QED) is 0.751. The van der Waals surface area contributed by atoms with Crippen LogP contribution in [0, 0.1) is 0 Å². The van der Waals surface area contributed by atoms with Gasteiger partial charge in [-0.05, 0) is 0 Å². The van der Waals surface area contributed by atoms with E-state index in [1.807, 2.05) is 60.7 Å². The van der Waals surface area contributed by atoms with Gasteiger partial charge in [0.25, 0.3) is 8.03 Å². The molecule has 1 unspecified atom stereocenters. The zero-order valence-corrected chi connectivity index (χ0v) is 12.0. The van der Waals surface area contributed by atoms with Crippen molar-refractivity contribution in [2.24, 2.45) is 0 Å². The Morgan fingerprint density at radius 1 is 0.714 bits per heavy atom. The molecule has 3 rings (SSSR count). The number of rotatable bonds is 3. The van der Waals surface area contributed by atoms with E-state index in [2.05, 4.69) is 15.0 Å². The lowest BCUT2D eigenvalue weighted by molar-refractivity contribution is 0.511. The molecule has 1 aromatic heterocycles. The summed E-state index contributed by atoms with van der Waals surface area (Å²) in [6.07, 6.45) is 0. The summed E-state index contributed by atoms with van der Waals surface area (Å²) in [6, 6.07) is 18.6. The van der Waals surface area contributed by atoms with Crippen LogP contribution in [0.4, 0.5) is 0 Å². The molecule has 1 N–H and O–H groups in total. The molecule has 0 amide bonds. The van der Waals surface area contributed by atoms with Crippen LogP contribution < -0.4 is 5.57 Å². The first-order valence-electron chi connectivity index (χ1n) is 6.34. The summed E-state index contributed by atoms with van der Waals surface area (Å²) in [5.74, 6) is 0.790. The smallest absolute Gasteiger partial charge is 0.254 e. The predicted octanol–water partition coefficient (Wildman–Crippen LogP) is 2.30. The zero-order valence-electron chi connectivity index (χ0n) is 11.0. The van der Waals surface area contributed by atoms with E-state index in [1.165, 1.54) is 0 Å². The van der Waals surface area contributed by atoms with Crippen LogP contribution in [0.5, 0.6) is 0 Å². The van der Waals surface area contributed by atoms with Crippen LogP contribution in [0.1, 0.15) is 0 Å². The summed E-state index contributed by atoms with van der Waals surface area (Å²) in [4.78, 5) is 21.9. The lowest BCUT2D eigenvalue weighted by atomic mass is 10.2. The molecule has 0 saturated heterocycles. The van der Waals surface area contributed by atoms with Crippen molar-refractivity contribution in [3.8, 4) is 22.8 Å². The Balaban J connectivity index is 2.18. The lowest BCUT2D eigenvalue weighted by Gasteiger charge is -2.06. The average molecular weight is 297 g/mol. The van der Waals surface area contributed by atoms with Gasteiger partial charge in [0, 0.05) is 11.1 Å². The third-order valence-electron chi connectivity index (χ3n) is 2.89. The first kappa shape index (κ1) is 13.6. The van der Waals surface area contributed by atoms with Crippen LogP contribution in [0.15, 0.2) is 60.7 Å². The van der Waals surface area contributed by atoms with Gasteiger partial charge in [0.1, 0.15) is 0 Å². The molecule has 0 aliphatic heterocycles. The first-order chi connectivity index (χ1) is 10.2. The average Bonchev–Trinajstić information content (AvgIpc) is 2.56. The molecule has 0 radical (unpaired) electrons. The number of aromatic nitrogens is 3. The molecule has 6 heteroatoms. The zero-order chi connectivity index (χ0) is 14.7. The summed E-state index contributed by atoms with van der Waals surface area (Å²) in [5, 5.41) is 0. The van der Waals surface area contributed by atoms with Gasteiger partial charge in [-0.2, -0.15) is 0 Å². The van der Waals surface area contributed by atoms with Gasteiger partial charge in [0.15, 0.2) is 11.6 Å². The highest BCUT2D eigenvalue weighted by molar-refractivity contribution is 7.46. The van der Waals surface area contributed by atoms with Crippen LogP contribution in [-0.2, 0) is 4.57 Å². The number of hydrogen-bond acceptors (Lipinski definition) is 4. The summed E-state index contributed by atoms with van der Waals surface area (Å²) in [5.41, 5.74) is 1.48. The maximum atomic E-state index is 11.4. The van der Waals surface area contributed by atoms with E-state index in [9.17, 15) is 9.46 Å². The van der Waals surface area contributed by atoms with E-state index in [4.69, 9.17) is 0 Å². The summed E-state index contributed by atoms with van der Waals surface area (Å²) < 4.78 is 11.4. The number of hydrogen-bond donors (Lipinski definition) is 1. The van der Waals surface area contributed by atoms with E-state index in [0.717, 1.165) is 11.1 Å². The van der Waals surface area contributed by atoms with E-state index >= 15 is 0 Å². The van der Waals surface area contributed by atoms with Gasteiger partial charge < -0.3 is 4.89 Å². The predicted molar refractivity (Wildman–Crippen MR) is 81.6 cm³/mol. The molecule has 3 aromatic rings. The Morgan fingerprint density at radius 2 is 1.14 bits per heavy atom. The van der Waals surface area contributed by atoms with Crippen LogP contribution in [0.2, 0.25) is 0 Å². The molecule has 0 fully saturated rings. The third-order valence-corrected chi connectivity index (χ3v) is 3.50. The molecular weight excluding hydrogens is 285 g/mol. The molecule has 1 atom stereocenters. The van der Waals surface area contributed by atoms with Crippen molar-refractivity contribution < 1.29 is 9.46 Å². The molecule has 1 heterocycles. The van der Waals surface area contributed by atoms with Crippen LogP contribution in [0.3, 0.4) is 0 Å². The molecule has 104 valence electrons. The van der Waals surface area contributed by atoms with Gasteiger partial charge in [-0.3, -0.25) is 4.57 Å². The fraction of sp³-hybridized carbons (Fsp3) is 0. The summed E-state index contributed by atoms with van der Waals surface area (Å²) in [6.45, 7) is 0. The second-order valence-corrected chi connectivity index (χ2v) is 5.40. The van der Waals surface area contributed by atoms with Crippen molar-refractivity contribution >= 4 is 13.6 Å². The highest BCUT2D eigenvalue weighted by Crippen LogP contribution is 2.20. The molecule has 21 heavy (non-hydrogen) atoms. The minimum atomic E-state index is -2.98. The van der Waals surface area contributed by atoms with Crippen molar-refractivity contribution in [3.05, 3.63) is 60.7 Å². The van der Waals surface area contributed by atoms with Gasteiger partial charge >= 0.3 is 0 Å². The minimum Gasteiger partial charge on any atom is -0.341 e. The van der Waals surface area contributed by atoms with Gasteiger partial charge in [0.05, 0.1) is 0 Å². The Kier molecular flexibility index (Phi) is 3.86. The minimum absolute atomic E-state index is 0.0762. The van der Waals surface area contributed by atoms with Crippen molar-refractivity contribution in [3.63, 3.8) is 0 Å². The van der Waals surface area contributed by atoms with E-state index < -0.39 is 8.03 Å². The van der Waals surface area contributed by atoms with Crippen molar-refractivity contribution in [2.75, 3.05) is 0 Å². The fourth-order valence-corrected chi connectivity index (χ4v) is 2.31. The molecule has 0 bridgehead atoms. The largest absolute Gasteiger partial charge is 0.341 e. The second kappa shape index (κ2) is 5.95. The molecule has 5 nitrogen and oxygen atoms in total. The van der Waals surface area contributed by atoms with Crippen LogP contribution >= 0.6 is 8.03 Å². The van der Waals surface area contributed by atoms with Crippen molar-refractivity contribution in [1.29, 1.82) is 0 Å². The Morgan fingerprint density at radius 3 is 1.52 bits per heavy atom. The molecule has 0 spiro atoms. The SMILES string of the molecule is O=[PH](O)c1nc(-c2ccccc2)nc(-c2ccccc2)n1. The van der Waals surface area contributed by atoms with Gasteiger partial charge in [-0.1, -0.05) is 60.7 Å². The van der Waals surface area contributed by atoms with E-state index in [1.54, 1.807) is 0 Å². The van der Waals surface area contributed by atoms with E-state index in [0.29, 0.717) is 11.6 Å². The standard InChI is InChI=1S/C15H12N3O2P/c19-21(20)15-17-13(11-7-3-1-4-8-11)16-14(18-15)12-9-5-2-6-10-12/h1-10,21H,(H,19,20). The van der Waals surface area contributed by atoms with Crippen LogP contribution in [-0.4, -0.2) is 19.8 Å². The lowest BCUT2D eigenvalue weighted by Crippen LogP contribution is -2.13. The fourth-order valence-electron chi connectivity index (χ4n) is 1.90. The number of nitrogens with zero attached hydrogens (tertiary/aromatic N) is 3. The molecule has 0 aliphatic rings. The first-order valence-corrected chi connectivity index (χ1v) is 7.70. The van der Waals surface area contributed by atoms with Crippen LogP contribution in [0.25, 0.3) is 22.8 Å². The highest BCUT2D eigenvalue weighted by Gasteiger charge is 2.12. The monoisotopic (exact) mass is 297 g/mol. The molecular formula is C15H12N3O2P. The highest BCUT2D eigenvalue weighted by atomic mass is 31.1. The maximum absolute atomic E-state index is 11.4. The normalized spacial score (nSPS) is 12.0. The van der Waals surface area contributed by atoms with Gasteiger partial charge in [-0.25, -0.2) is 15.0 Å². The molecule has 2 aromatic carbocycles. The maximum Gasteiger partial charge on any atom is 0.254 e. The third kappa shape index (κ3) is 3.05. The summed E-state index contributed by atoms with van der Waals surface area (Å²) >= 11 is 0. The topological polar surface area (TPSA) is 76.0 Å². The number of benzene rings is 2. The van der Waals surface area contributed by atoms with Crippen molar-refractivity contribution in [1.82, 2.24) is 15.0 Å². The van der Waals surface area contributed by atoms with Crippen molar-refractivity contribution in [2.45, 2.75) is 0 Å². The van der Waals surface area contributed by atoms with Gasteiger partial charge in [0.2, 0.25) is 5.57 Å². The van der Waals surface area contributed by atoms with E-state index in [-0.39, 0.29) is 5.57 Å². The Bertz CT molecular complexity index is 722. The molecule has 0 saturated carbocycles. The Labute approximate surface area is 122 Å². The molecule has 0 aliphatic carbocycles. The second-order valence-electron chi connectivity index (χ2n) is 4.34. The summed E-state index contributed by atoms with van der Waals surface area (Å²) in [7, 11) is -2.98. The Hall–Kier alpha value is -2.36. The van der Waals surface area contributed by atoms with Gasteiger partial charge in [-0.15, -0.1) is 0 Å².